The summed E-state index contributed by atoms with van der Waals surface area (Å²) in [5, 5.41) is 2.87. The van der Waals surface area contributed by atoms with Crippen molar-refractivity contribution in [2.45, 2.75) is 39.2 Å². The molecule has 0 bridgehead atoms. The third-order valence-corrected chi connectivity index (χ3v) is 4.70. The normalized spacial score (nSPS) is 18.7. The zero-order valence-corrected chi connectivity index (χ0v) is 17.4. The fourth-order valence-electron chi connectivity index (χ4n) is 3.11. The van der Waals surface area contributed by atoms with E-state index in [4.69, 9.17) is 9.47 Å². The fraction of sp³-hybridized carbons (Fsp3) is 0.842. The Kier molecular flexibility index (Phi) is 8.50. The molecule has 9 nitrogen and oxygen atoms in total. The summed E-state index contributed by atoms with van der Waals surface area (Å²) in [7, 11) is 0. The summed E-state index contributed by atoms with van der Waals surface area (Å²) >= 11 is 0. The van der Waals surface area contributed by atoms with Crippen molar-refractivity contribution in [3.63, 3.8) is 0 Å². The van der Waals surface area contributed by atoms with E-state index in [0.717, 1.165) is 32.8 Å². The van der Waals surface area contributed by atoms with E-state index in [1.165, 1.54) is 0 Å². The van der Waals surface area contributed by atoms with Gasteiger partial charge in [-0.15, -0.1) is 0 Å². The second-order valence-corrected chi connectivity index (χ2v) is 8.15. The van der Waals surface area contributed by atoms with Crippen LogP contribution in [0.3, 0.4) is 0 Å². The number of carbonyl (C=O) groups is 3. The standard InChI is InChI=1S/C19H34N4O5/c1-19(2,3)28-18(26)23-10-8-22(9-11-23)17(25)5-4-16(24)20-6-7-21-12-14-27-15-13-21/h4-15H2,1-3H3,(H,20,24). The molecule has 0 aromatic rings. The molecule has 0 aliphatic carbocycles. The number of nitrogens with zero attached hydrogens (tertiary/aromatic N) is 3. The summed E-state index contributed by atoms with van der Waals surface area (Å²) < 4.78 is 10.6. The van der Waals surface area contributed by atoms with Crippen molar-refractivity contribution in [2.75, 3.05) is 65.6 Å². The van der Waals surface area contributed by atoms with Crippen LogP contribution in [0.25, 0.3) is 0 Å². The van der Waals surface area contributed by atoms with Crippen LogP contribution in [0.15, 0.2) is 0 Å². The van der Waals surface area contributed by atoms with Crippen LogP contribution in [-0.2, 0) is 19.1 Å². The predicted molar refractivity (Wildman–Crippen MR) is 104 cm³/mol. The highest BCUT2D eigenvalue weighted by Gasteiger charge is 2.27. The Morgan fingerprint density at radius 1 is 0.929 bits per heavy atom. The van der Waals surface area contributed by atoms with Crippen LogP contribution in [-0.4, -0.2) is 104 Å². The van der Waals surface area contributed by atoms with Gasteiger partial charge in [0.15, 0.2) is 0 Å². The maximum Gasteiger partial charge on any atom is 0.410 e. The van der Waals surface area contributed by atoms with Crippen molar-refractivity contribution in [1.82, 2.24) is 20.0 Å². The number of morpholine rings is 1. The van der Waals surface area contributed by atoms with E-state index in [2.05, 4.69) is 10.2 Å². The van der Waals surface area contributed by atoms with Gasteiger partial charge in [0.1, 0.15) is 5.60 Å². The molecule has 0 atom stereocenters. The summed E-state index contributed by atoms with van der Waals surface area (Å²) in [6.45, 7) is 12.0. The maximum absolute atomic E-state index is 12.3. The number of nitrogens with one attached hydrogen (secondary N) is 1. The number of hydrogen-bond donors (Lipinski definition) is 1. The molecule has 2 fully saturated rings. The molecule has 9 heteroatoms. The number of carbonyl (C=O) groups excluding carboxylic acids is 3. The Labute approximate surface area is 167 Å². The minimum absolute atomic E-state index is 0.0489. The zero-order chi connectivity index (χ0) is 20.6. The molecule has 0 radical (unpaired) electrons. The van der Waals surface area contributed by atoms with Gasteiger partial charge in [-0.3, -0.25) is 14.5 Å². The Morgan fingerprint density at radius 3 is 2.14 bits per heavy atom. The average molecular weight is 399 g/mol. The van der Waals surface area contributed by atoms with Crippen LogP contribution in [0.2, 0.25) is 0 Å². The second-order valence-electron chi connectivity index (χ2n) is 8.15. The SMILES string of the molecule is CC(C)(C)OC(=O)N1CCN(C(=O)CCC(=O)NCCN2CCOCC2)CC1. The fourth-order valence-corrected chi connectivity index (χ4v) is 3.11. The molecule has 0 aromatic carbocycles. The number of hydrogen-bond acceptors (Lipinski definition) is 6. The van der Waals surface area contributed by atoms with Gasteiger partial charge in [0.2, 0.25) is 11.8 Å². The van der Waals surface area contributed by atoms with E-state index in [1.54, 1.807) is 9.80 Å². The van der Waals surface area contributed by atoms with Gasteiger partial charge in [0.25, 0.3) is 0 Å². The molecule has 160 valence electrons. The van der Waals surface area contributed by atoms with Crippen molar-refractivity contribution >= 4 is 17.9 Å². The Morgan fingerprint density at radius 2 is 1.54 bits per heavy atom. The number of rotatable bonds is 6. The Bertz CT molecular complexity index is 535. The molecule has 1 N–H and O–H groups in total. The van der Waals surface area contributed by atoms with Gasteiger partial charge in [-0.2, -0.15) is 0 Å². The third kappa shape index (κ3) is 8.02. The number of piperazine rings is 1. The number of ether oxygens (including phenoxy) is 2. The van der Waals surface area contributed by atoms with Gasteiger partial charge in [-0.05, 0) is 20.8 Å². The largest absolute Gasteiger partial charge is 0.444 e. The van der Waals surface area contributed by atoms with Gasteiger partial charge in [-0.1, -0.05) is 0 Å². The summed E-state index contributed by atoms with van der Waals surface area (Å²) in [5.74, 6) is -0.152. The van der Waals surface area contributed by atoms with Crippen molar-refractivity contribution in [2.24, 2.45) is 0 Å². The van der Waals surface area contributed by atoms with Gasteiger partial charge in [0, 0.05) is 65.2 Å². The summed E-state index contributed by atoms with van der Waals surface area (Å²) in [4.78, 5) is 41.9. The maximum atomic E-state index is 12.3. The lowest BCUT2D eigenvalue weighted by Crippen LogP contribution is -2.51. The highest BCUT2D eigenvalue weighted by molar-refractivity contribution is 5.84. The first-order chi connectivity index (χ1) is 13.2. The molecule has 2 rings (SSSR count). The zero-order valence-electron chi connectivity index (χ0n) is 17.4. The second kappa shape index (κ2) is 10.6. The lowest BCUT2D eigenvalue weighted by Gasteiger charge is -2.35. The monoisotopic (exact) mass is 398 g/mol. The summed E-state index contributed by atoms with van der Waals surface area (Å²) in [5.41, 5.74) is -0.529. The van der Waals surface area contributed by atoms with Gasteiger partial charge < -0.3 is 24.6 Å². The highest BCUT2D eigenvalue weighted by Crippen LogP contribution is 2.12. The lowest BCUT2D eigenvalue weighted by molar-refractivity contribution is -0.135. The van der Waals surface area contributed by atoms with Crippen molar-refractivity contribution in [3.05, 3.63) is 0 Å². The smallest absolute Gasteiger partial charge is 0.410 e. The van der Waals surface area contributed by atoms with Crippen LogP contribution in [0.5, 0.6) is 0 Å². The van der Waals surface area contributed by atoms with E-state index in [0.29, 0.717) is 32.7 Å². The summed E-state index contributed by atoms with van der Waals surface area (Å²) in [6, 6.07) is 0. The first kappa shape index (κ1) is 22.4. The van der Waals surface area contributed by atoms with Crippen molar-refractivity contribution < 1.29 is 23.9 Å². The van der Waals surface area contributed by atoms with Crippen molar-refractivity contribution in [1.29, 1.82) is 0 Å². The van der Waals surface area contributed by atoms with Crippen LogP contribution in [0, 0.1) is 0 Å². The molecular formula is C19H34N4O5. The molecule has 2 aliphatic heterocycles. The Hall–Kier alpha value is -1.87. The van der Waals surface area contributed by atoms with Crippen molar-refractivity contribution in [3.8, 4) is 0 Å². The van der Waals surface area contributed by atoms with E-state index in [1.807, 2.05) is 20.8 Å². The van der Waals surface area contributed by atoms with Crippen LogP contribution >= 0.6 is 0 Å². The number of amides is 3. The predicted octanol–water partition coefficient (Wildman–Crippen LogP) is 0.294. The van der Waals surface area contributed by atoms with Crippen LogP contribution < -0.4 is 5.32 Å². The third-order valence-electron chi connectivity index (χ3n) is 4.70. The molecule has 28 heavy (non-hydrogen) atoms. The topological polar surface area (TPSA) is 91.4 Å². The van der Waals surface area contributed by atoms with E-state index < -0.39 is 5.60 Å². The quantitative estimate of drug-likeness (QED) is 0.692. The van der Waals surface area contributed by atoms with E-state index in [9.17, 15) is 14.4 Å². The molecule has 0 saturated carbocycles. The van der Waals surface area contributed by atoms with Gasteiger partial charge >= 0.3 is 6.09 Å². The molecular weight excluding hydrogens is 364 g/mol. The highest BCUT2D eigenvalue weighted by atomic mass is 16.6. The molecule has 2 heterocycles. The van der Waals surface area contributed by atoms with Crippen LogP contribution in [0.4, 0.5) is 4.79 Å². The van der Waals surface area contributed by atoms with Gasteiger partial charge in [0.05, 0.1) is 13.2 Å². The average Bonchev–Trinajstić information content (AvgIpc) is 2.66. The summed E-state index contributed by atoms with van der Waals surface area (Å²) in [6.07, 6.45) is 0.0311. The molecule has 0 unspecified atom stereocenters. The molecule has 0 spiro atoms. The lowest BCUT2D eigenvalue weighted by atomic mass is 10.2. The minimum atomic E-state index is -0.529. The van der Waals surface area contributed by atoms with Gasteiger partial charge in [-0.25, -0.2) is 4.79 Å². The molecule has 3 amide bonds. The molecule has 2 saturated heterocycles. The first-order valence-electron chi connectivity index (χ1n) is 10.1. The molecule has 0 aromatic heterocycles. The Balaban J connectivity index is 1.59. The van der Waals surface area contributed by atoms with E-state index in [-0.39, 0.29) is 30.7 Å². The van der Waals surface area contributed by atoms with E-state index >= 15 is 0 Å². The molecule has 2 aliphatic rings. The first-order valence-corrected chi connectivity index (χ1v) is 10.1. The van der Waals surface area contributed by atoms with Crippen LogP contribution in [0.1, 0.15) is 33.6 Å². The minimum Gasteiger partial charge on any atom is -0.444 e.